The molecule has 0 bridgehead atoms. The molecular formula is C16H21N3O2. The third-order valence-electron chi connectivity index (χ3n) is 4.80. The third kappa shape index (κ3) is 2.55. The predicted molar refractivity (Wildman–Crippen MR) is 77.0 cm³/mol. The van der Waals surface area contributed by atoms with Gasteiger partial charge in [0.15, 0.2) is 0 Å². The zero-order chi connectivity index (χ0) is 14.2. The van der Waals surface area contributed by atoms with Crippen molar-refractivity contribution in [2.45, 2.75) is 50.5 Å². The summed E-state index contributed by atoms with van der Waals surface area (Å²) >= 11 is 0. The number of fused-ring (bicyclic) bond motifs is 1. The van der Waals surface area contributed by atoms with E-state index in [-0.39, 0.29) is 12.0 Å². The predicted octanol–water partition coefficient (Wildman–Crippen LogP) is 1.46. The number of ether oxygens (including phenoxy) is 1. The van der Waals surface area contributed by atoms with Crippen LogP contribution in [0.15, 0.2) is 6.33 Å². The summed E-state index contributed by atoms with van der Waals surface area (Å²) in [7, 11) is 0. The number of carbonyl (C=O) groups is 1. The molecule has 2 aliphatic heterocycles. The Bertz CT molecular complexity index is 550. The van der Waals surface area contributed by atoms with Crippen molar-refractivity contribution in [2.24, 2.45) is 0 Å². The Labute approximate surface area is 124 Å². The molecule has 0 spiro atoms. The number of hydrogen-bond acceptors (Lipinski definition) is 4. The average molecular weight is 287 g/mol. The molecule has 1 aromatic rings. The molecule has 5 nitrogen and oxygen atoms in total. The van der Waals surface area contributed by atoms with Gasteiger partial charge in [-0.25, -0.2) is 9.97 Å². The number of nitrogens with zero attached hydrogens (tertiary/aromatic N) is 3. The topological polar surface area (TPSA) is 55.3 Å². The van der Waals surface area contributed by atoms with E-state index in [0.29, 0.717) is 5.92 Å². The summed E-state index contributed by atoms with van der Waals surface area (Å²) < 4.78 is 5.54. The van der Waals surface area contributed by atoms with Crippen LogP contribution in [0, 0.1) is 0 Å². The van der Waals surface area contributed by atoms with Crippen molar-refractivity contribution in [1.29, 1.82) is 0 Å². The van der Waals surface area contributed by atoms with Crippen molar-refractivity contribution in [3.63, 3.8) is 0 Å². The first-order valence-corrected chi connectivity index (χ1v) is 8.06. The van der Waals surface area contributed by atoms with Crippen molar-refractivity contribution < 1.29 is 9.53 Å². The van der Waals surface area contributed by atoms with Crippen LogP contribution in [-0.4, -0.2) is 46.6 Å². The Kier molecular flexibility index (Phi) is 3.37. The lowest BCUT2D eigenvalue weighted by atomic mass is 10.0. The molecule has 1 saturated heterocycles. The van der Waals surface area contributed by atoms with Gasteiger partial charge in [-0.1, -0.05) is 0 Å². The van der Waals surface area contributed by atoms with Crippen LogP contribution in [0.4, 0.5) is 0 Å². The van der Waals surface area contributed by atoms with E-state index in [1.807, 2.05) is 4.90 Å². The van der Waals surface area contributed by atoms with E-state index in [0.717, 1.165) is 51.1 Å². The molecule has 3 aliphatic rings. The van der Waals surface area contributed by atoms with Crippen molar-refractivity contribution in [2.75, 3.05) is 19.7 Å². The third-order valence-corrected chi connectivity index (χ3v) is 4.80. The minimum atomic E-state index is -0.208. The molecule has 1 amide bonds. The first-order valence-electron chi connectivity index (χ1n) is 8.06. The Morgan fingerprint density at radius 2 is 2.05 bits per heavy atom. The number of amides is 1. The standard InChI is InChI=1S/C16H21N3O2/c20-16(14-2-1-9-21-14)19-7-5-12-13(6-8-19)17-10-18-15(12)11-3-4-11/h10-11,14H,1-9H2/t14-/m1/s1. The maximum absolute atomic E-state index is 12.5. The van der Waals surface area contributed by atoms with Crippen molar-refractivity contribution in [1.82, 2.24) is 14.9 Å². The Hall–Kier alpha value is -1.49. The second kappa shape index (κ2) is 5.37. The van der Waals surface area contributed by atoms with E-state index in [1.165, 1.54) is 24.1 Å². The second-order valence-corrected chi connectivity index (χ2v) is 6.29. The highest BCUT2D eigenvalue weighted by atomic mass is 16.5. The van der Waals surface area contributed by atoms with Gasteiger partial charge in [0.1, 0.15) is 12.4 Å². The van der Waals surface area contributed by atoms with Crippen LogP contribution >= 0.6 is 0 Å². The first kappa shape index (κ1) is 13.2. The largest absolute Gasteiger partial charge is 0.368 e. The summed E-state index contributed by atoms with van der Waals surface area (Å²) in [5.74, 6) is 0.809. The molecule has 0 unspecified atom stereocenters. The van der Waals surface area contributed by atoms with Crippen LogP contribution in [0.1, 0.15) is 48.6 Å². The van der Waals surface area contributed by atoms with Gasteiger partial charge in [-0.2, -0.15) is 0 Å². The van der Waals surface area contributed by atoms with Gasteiger partial charge in [-0.15, -0.1) is 0 Å². The molecule has 1 aromatic heterocycles. The highest BCUT2D eigenvalue weighted by Crippen LogP contribution is 2.41. The number of aromatic nitrogens is 2. The summed E-state index contributed by atoms with van der Waals surface area (Å²) in [5.41, 5.74) is 3.70. The summed E-state index contributed by atoms with van der Waals surface area (Å²) in [4.78, 5) is 23.4. The van der Waals surface area contributed by atoms with E-state index in [4.69, 9.17) is 4.74 Å². The zero-order valence-electron chi connectivity index (χ0n) is 12.3. The molecule has 0 N–H and O–H groups in total. The Balaban J connectivity index is 1.51. The van der Waals surface area contributed by atoms with Gasteiger partial charge in [0.25, 0.3) is 5.91 Å². The number of carbonyl (C=O) groups excluding carboxylic acids is 1. The number of rotatable bonds is 2. The fraction of sp³-hybridized carbons (Fsp3) is 0.688. The molecule has 21 heavy (non-hydrogen) atoms. The summed E-state index contributed by atoms with van der Waals surface area (Å²) in [6.07, 6.45) is 7.60. The average Bonchev–Trinajstić information content (AvgIpc) is 3.25. The van der Waals surface area contributed by atoms with E-state index in [9.17, 15) is 4.79 Å². The molecule has 2 fully saturated rings. The van der Waals surface area contributed by atoms with E-state index >= 15 is 0 Å². The molecule has 1 atom stereocenters. The Morgan fingerprint density at radius 3 is 2.81 bits per heavy atom. The molecule has 1 saturated carbocycles. The lowest BCUT2D eigenvalue weighted by Crippen LogP contribution is -2.40. The minimum Gasteiger partial charge on any atom is -0.368 e. The van der Waals surface area contributed by atoms with Gasteiger partial charge in [-0.3, -0.25) is 4.79 Å². The quantitative estimate of drug-likeness (QED) is 0.826. The fourth-order valence-electron chi connectivity index (χ4n) is 3.46. The van der Waals surface area contributed by atoms with Crippen molar-refractivity contribution in [3.8, 4) is 0 Å². The molecule has 112 valence electrons. The van der Waals surface area contributed by atoms with Crippen LogP contribution in [0.5, 0.6) is 0 Å². The van der Waals surface area contributed by atoms with Crippen molar-refractivity contribution >= 4 is 5.91 Å². The number of hydrogen-bond donors (Lipinski definition) is 0. The van der Waals surface area contributed by atoms with Crippen LogP contribution in [0.3, 0.4) is 0 Å². The maximum atomic E-state index is 12.5. The van der Waals surface area contributed by atoms with Gasteiger partial charge >= 0.3 is 0 Å². The van der Waals surface area contributed by atoms with E-state index in [1.54, 1.807) is 6.33 Å². The van der Waals surface area contributed by atoms with Crippen LogP contribution in [0.25, 0.3) is 0 Å². The monoisotopic (exact) mass is 287 g/mol. The van der Waals surface area contributed by atoms with Crippen molar-refractivity contribution in [3.05, 3.63) is 23.3 Å². The van der Waals surface area contributed by atoms with Crippen LogP contribution in [-0.2, 0) is 22.4 Å². The lowest BCUT2D eigenvalue weighted by Gasteiger charge is -2.23. The lowest BCUT2D eigenvalue weighted by molar-refractivity contribution is -0.140. The van der Waals surface area contributed by atoms with Gasteiger partial charge in [0, 0.05) is 37.7 Å². The first-order chi connectivity index (χ1) is 10.3. The molecule has 5 heteroatoms. The van der Waals surface area contributed by atoms with Gasteiger partial charge in [0.05, 0.1) is 5.69 Å². The minimum absolute atomic E-state index is 0.168. The molecule has 3 heterocycles. The zero-order valence-corrected chi connectivity index (χ0v) is 12.3. The SMILES string of the molecule is O=C([C@H]1CCCO1)N1CCc2ncnc(C3CC3)c2CC1. The van der Waals surface area contributed by atoms with Crippen LogP contribution < -0.4 is 0 Å². The summed E-state index contributed by atoms with van der Waals surface area (Å²) in [6.45, 7) is 2.26. The summed E-state index contributed by atoms with van der Waals surface area (Å²) in [5, 5.41) is 0. The molecule has 4 rings (SSSR count). The Morgan fingerprint density at radius 1 is 1.19 bits per heavy atom. The molecule has 0 aromatic carbocycles. The van der Waals surface area contributed by atoms with Gasteiger partial charge in [0.2, 0.25) is 0 Å². The molecule has 1 aliphatic carbocycles. The van der Waals surface area contributed by atoms with E-state index in [2.05, 4.69) is 9.97 Å². The second-order valence-electron chi connectivity index (χ2n) is 6.29. The maximum Gasteiger partial charge on any atom is 0.251 e. The smallest absolute Gasteiger partial charge is 0.251 e. The molecule has 0 radical (unpaired) electrons. The highest BCUT2D eigenvalue weighted by molar-refractivity contribution is 5.81. The van der Waals surface area contributed by atoms with Gasteiger partial charge in [-0.05, 0) is 37.7 Å². The fourth-order valence-corrected chi connectivity index (χ4v) is 3.46. The van der Waals surface area contributed by atoms with Crippen LogP contribution in [0.2, 0.25) is 0 Å². The highest BCUT2D eigenvalue weighted by Gasteiger charge is 2.32. The normalized spacial score (nSPS) is 25.5. The van der Waals surface area contributed by atoms with Gasteiger partial charge < -0.3 is 9.64 Å². The molecular weight excluding hydrogens is 266 g/mol. The van der Waals surface area contributed by atoms with E-state index < -0.39 is 0 Å². The summed E-state index contributed by atoms with van der Waals surface area (Å²) in [6, 6.07) is 0.